The van der Waals surface area contributed by atoms with Crippen LogP contribution < -0.4 is 10.1 Å². The molecule has 1 heterocycles. The highest BCUT2D eigenvalue weighted by molar-refractivity contribution is 6.30. The van der Waals surface area contributed by atoms with Crippen LogP contribution in [0.2, 0.25) is 5.02 Å². The lowest BCUT2D eigenvalue weighted by Gasteiger charge is -2.34. The van der Waals surface area contributed by atoms with Gasteiger partial charge in [0, 0.05) is 24.7 Å². The summed E-state index contributed by atoms with van der Waals surface area (Å²) < 4.78 is 10.8. The molecule has 1 amide bonds. The lowest BCUT2D eigenvalue weighted by Crippen LogP contribution is -2.44. The molecule has 24 heavy (non-hydrogen) atoms. The van der Waals surface area contributed by atoms with E-state index in [1.54, 1.807) is 18.1 Å². The number of amides is 1. The van der Waals surface area contributed by atoms with Gasteiger partial charge in [0.2, 0.25) is 0 Å². The number of hydrogen-bond donors (Lipinski definition) is 1. The quantitative estimate of drug-likeness (QED) is 0.870. The minimum atomic E-state index is -0.462. The minimum absolute atomic E-state index is 0.229. The number of nitrogens with one attached hydrogen (secondary N) is 1. The van der Waals surface area contributed by atoms with Crippen LogP contribution in [0.25, 0.3) is 0 Å². The number of halogens is 1. The van der Waals surface area contributed by atoms with Crippen LogP contribution in [-0.4, -0.2) is 43.3 Å². The van der Waals surface area contributed by atoms with Crippen LogP contribution >= 0.6 is 11.6 Å². The number of likely N-dealkylation sites (tertiary alicyclic amines) is 1. The van der Waals surface area contributed by atoms with Crippen molar-refractivity contribution >= 4 is 23.4 Å². The molecule has 1 unspecified atom stereocenters. The van der Waals surface area contributed by atoms with Crippen molar-refractivity contribution in [1.82, 2.24) is 4.90 Å². The maximum atomic E-state index is 12.2. The van der Waals surface area contributed by atoms with Gasteiger partial charge in [-0.25, -0.2) is 4.79 Å². The normalized spacial score (nSPS) is 18.2. The summed E-state index contributed by atoms with van der Waals surface area (Å²) in [6, 6.07) is 5.50. The standard InChI is InChI=1S/C18H27ClN2O3/c1-18(2,3)24-17(22)21-9-5-6-13(12-21)11-20-15-10-14(19)7-8-16(15)23-4/h7-8,10,13,20H,5-6,9,11-12H2,1-4H3. The number of hydrogen-bond acceptors (Lipinski definition) is 4. The first-order valence-electron chi connectivity index (χ1n) is 8.34. The highest BCUT2D eigenvalue weighted by Gasteiger charge is 2.27. The fourth-order valence-corrected chi connectivity index (χ4v) is 2.97. The SMILES string of the molecule is COc1ccc(Cl)cc1NCC1CCCN(C(=O)OC(C)(C)C)C1. The molecule has 0 aromatic heterocycles. The first kappa shape index (κ1) is 18.7. The van der Waals surface area contributed by atoms with Crippen molar-refractivity contribution in [3.05, 3.63) is 23.2 Å². The average molecular weight is 355 g/mol. The van der Waals surface area contributed by atoms with Crippen LogP contribution in [-0.2, 0) is 4.74 Å². The molecule has 5 nitrogen and oxygen atoms in total. The predicted molar refractivity (Wildman–Crippen MR) is 97.0 cm³/mol. The van der Waals surface area contributed by atoms with Crippen molar-refractivity contribution in [3.63, 3.8) is 0 Å². The Hall–Kier alpha value is -1.62. The van der Waals surface area contributed by atoms with E-state index in [-0.39, 0.29) is 6.09 Å². The second kappa shape index (κ2) is 7.97. The molecule has 1 N–H and O–H groups in total. The van der Waals surface area contributed by atoms with Crippen molar-refractivity contribution in [2.24, 2.45) is 5.92 Å². The van der Waals surface area contributed by atoms with Gasteiger partial charge in [0.15, 0.2) is 0 Å². The van der Waals surface area contributed by atoms with E-state index >= 15 is 0 Å². The number of nitrogens with zero attached hydrogens (tertiary/aromatic N) is 1. The lowest BCUT2D eigenvalue weighted by atomic mass is 9.98. The van der Waals surface area contributed by atoms with Gasteiger partial charge in [-0.1, -0.05) is 11.6 Å². The summed E-state index contributed by atoms with van der Waals surface area (Å²) >= 11 is 6.06. The van der Waals surface area contributed by atoms with Gasteiger partial charge in [0.05, 0.1) is 12.8 Å². The summed E-state index contributed by atoms with van der Waals surface area (Å²) in [6.07, 6.45) is 1.83. The zero-order valence-corrected chi connectivity index (χ0v) is 15.7. The fourth-order valence-electron chi connectivity index (χ4n) is 2.80. The van der Waals surface area contributed by atoms with E-state index in [9.17, 15) is 4.79 Å². The van der Waals surface area contributed by atoms with Gasteiger partial charge in [-0.15, -0.1) is 0 Å². The Bertz CT molecular complexity index is 572. The zero-order chi connectivity index (χ0) is 17.7. The molecular formula is C18H27ClN2O3. The monoisotopic (exact) mass is 354 g/mol. The number of ether oxygens (including phenoxy) is 2. The summed E-state index contributed by atoms with van der Waals surface area (Å²) in [4.78, 5) is 14.0. The minimum Gasteiger partial charge on any atom is -0.495 e. The molecule has 134 valence electrons. The number of carbonyl (C=O) groups excluding carboxylic acids is 1. The van der Waals surface area contributed by atoms with Crippen LogP contribution in [0.3, 0.4) is 0 Å². The number of anilines is 1. The molecule has 1 aromatic rings. The molecular weight excluding hydrogens is 328 g/mol. The predicted octanol–water partition coefficient (Wildman–Crippen LogP) is 4.41. The van der Waals surface area contributed by atoms with Crippen LogP contribution in [0.4, 0.5) is 10.5 Å². The van der Waals surface area contributed by atoms with Crippen LogP contribution in [0.15, 0.2) is 18.2 Å². The number of methoxy groups -OCH3 is 1. The molecule has 1 atom stereocenters. The van der Waals surface area contributed by atoms with Crippen molar-refractivity contribution in [3.8, 4) is 5.75 Å². The Morgan fingerprint density at radius 2 is 2.17 bits per heavy atom. The topological polar surface area (TPSA) is 50.8 Å². The summed E-state index contributed by atoms with van der Waals surface area (Å²) in [6.45, 7) is 7.88. The molecule has 1 aliphatic rings. The highest BCUT2D eigenvalue weighted by atomic mass is 35.5. The van der Waals surface area contributed by atoms with Gasteiger partial charge >= 0.3 is 6.09 Å². The molecule has 1 fully saturated rings. The molecule has 6 heteroatoms. The van der Waals surface area contributed by atoms with Crippen molar-refractivity contribution in [1.29, 1.82) is 0 Å². The van der Waals surface area contributed by atoms with E-state index in [1.807, 2.05) is 32.9 Å². The highest BCUT2D eigenvalue weighted by Crippen LogP contribution is 2.28. The van der Waals surface area contributed by atoms with Gasteiger partial charge in [-0.3, -0.25) is 0 Å². The van der Waals surface area contributed by atoms with Gasteiger partial charge < -0.3 is 19.7 Å². The van der Waals surface area contributed by atoms with Crippen molar-refractivity contribution < 1.29 is 14.3 Å². The Balaban J connectivity index is 1.92. The Kier molecular flexibility index (Phi) is 6.21. The smallest absolute Gasteiger partial charge is 0.410 e. The molecule has 1 saturated heterocycles. The Labute approximate surface area is 149 Å². The van der Waals surface area contributed by atoms with E-state index in [1.165, 1.54) is 0 Å². The Morgan fingerprint density at radius 3 is 2.83 bits per heavy atom. The van der Waals surface area contributed by atoms with Gasteiger partial charge in [0.25, 0.3) is 0 Å². The van der Waals surface area contributed by atoms with E-state index in [0.29, 0.717) is 17.5 Å². The van der Waals surface area contributed by atoms with Crippen LogP contribution in [0.1, 0.15) is 33.6 Å². The van der Waals surface area contributed by atoms with Gasteiger partial charge in [-0.2, -0.15) is 0 Å². The molecule has 0 bridgehead atoms. The molecule has 0 radical (unpaired) electrons. The number of rotatable bonds is 4. The maximum absolute atomic E-state index is 12.2. The lowest BCUT2D eigenvalue weighted by molar-refractivity contribution is 0.0172. The summed E-state index contributed by atoms with van der Waals surface area (Å²) in [5.41, 5.74) is 0.413. The van der Waals surface area contributed by atoms with Crippen LogP contribution in [0, 0.1) is 5.92 Å². The van der Waals surface area contributed by atoms with Crippen molar-refractivity contribution in [2.45, 2.75) is 39.2 Å². The molecule has 1 aliphatic heterocycles. The molecule has 0 spiro atoms. The summed E-state index contributed by atoms with van der Waals surface area (Å²) in [7, 11) is 1.64. The molecule has 0 aliphatic carbocycles. The summed E-state index contributed by atoms with van der Waals surface area (Å²) in [5.74, 6) is 1.13. The van der Waals surface area contributed by atoms with E-state index in [2.05, 4.69) is 5.32 Å². The average Bonchev–Trinajstić information content (AvgIpc) is 2.52. The first-order valence-corrected chi connectivity index (χ1v) is 8.71. The fraction of sp³-hybridized carbons (Fsp3) is 0.611. The van der Waals surface area contributed by atoms with Gasteiger partial charge in [0.1, 0.15) is 11.4 Å². The third-order valence-electron chi connectivity index (χ3n) is 3.91. The largest absolute Gasteiger partial charge is 0.495 e. The van der Waals surface area contributed by atoms with Crippen molar-refractivity contribution in [2.75, 3.05) is 32.1 Å². The maximum Gasteiger partial charge on any atom is 0.410 e. The number of piperidine rings is 1. The molecule has 1 aromatic carbocycles. The zero-order valence-electron chi connectivity index (χ0n) is 14.9. The first-order chi connectivity index (χ1) is 11.3. The number of benzene rings is 1. The van der Waals surface area contributed by atoms with E-state index in [4.69, 9.17) is 21.1 Å². The summed E-state index contributed by atoms with van der Waals surface area (Å²) in [5, 5.41) is 4.06. The van der Waals surface area contributed by atoms with Crippen LogP contribution in [0.5, 0.6) is 5.75 Å². The molecule has 2 rings (SSSR count). The second-order valence-corrected chi connectivity index (χ2v) is 7.60. The molecule has 0 saturated carbocycles. The second-order valence-electron chi connectivity index (χ2n) is 7.16. The van der Waals surface area contributed by atoms with E-state index in [0.717, 1.165) is 37.4 Å². The third kappa shape index (κ3) is 5.48. The van der Waals surface area contributed by atoms with Gasteiger partial charge in [-0.05, 0) is 57.7 Å². The number of carbonyl (C=O) groups is 1. The van der Waals surface area contributed by atoms with E-state index < -0.39 is 5.60 Å². The Morgan fingerprint density at radius 1 is 1.42 bits per heavy atom. The third-order valence-corrected chi connectivity index (χ3v) is 4.15.